The maximum Gasteiger partial charge on any atom is 0.123 e. The fourth-order valence-electron chi connectivity index (χ4n) is 1.85. The van der Waals surface area contributed by atoms with E-state index in [2.05, 4.69) is 0 Å². The van der Waals surface area contributed by atoms with Gasteiger partial charge in [-0.15, -0.1) is 0 Å². The van der Waals surface area contributed by atoms with E-state index in [0.29, 0.717) is 18.6 Å². The van der Waals surface area contributed by atoms with E-state index < -0.39 is 0 Å². The van der Waals surface area contributed by atoms with Gasteiger partial charge in [-0.3, -0.25) is 0 Å². The number of hydrogen-bond acceptors (Lipinski definition) is 2. The molecule has 1 aromatic carbocycles. The minimum Gasteiger partial charge on any atom is -0.376 e. The number of rotatable bonds is 4. The van der Waals surface area contributed by atoms with Gasteiger partial charge in [-0.05, 0) is 36.5 Å². The van der Waals surface area contributed by atoms with Crippen molar-refractivity contribution in [3.63, 3.8) is 0 Å². The standard InChI is InChI=1S/C12H16FNO/c13-11-3-1-9(2-4-11)7-15-8-10-5-12(14)6-10/h1-4,10,12H,5-8,14H2. The Bertz CT molecular complexity index is 306. The van der Waals surface area contributed by atoms with Crippen molar-refractivity contribution < 1.29 is 9.13 Å². The van der Waals surface area contributed by atoms with E-state index >= 15 is 0 Å². The molecular formula is C12H16FNO. The van der Waals surface area contributed by atoms with E-state index in [4.69, 9.17) is 10.5 Å². The predicted octanol–water partition coefficient (Wildman–Crippen LogP) is 2.08. The van der Waals surface area contributed by atoms with Crippen LogP contribution in [0.25, 0.3) is 0 Å². The van der Waals surface area contributed by atoms with E-state index in [0.717, 1.165) is 25.0 Å². The van der Waals surface area contributed by atoms with Crippen LogP contribution in [0, 0.1) is 11.7 Å². The molecule has 0 atom stereocenters. The third-order valence-corrected chi connectivity index (χ3v) is 2.81. The normalized spacial score (nSPS) is 24.9. The van der Waals surface area contributed by atoms with Crippen molar-refractivity contribution in [3.05, 3.63) is 35.6 Å². The zero-order chi connectivity index (χ0) is 10.7. The van der Waals surface area contributed by atoms with Crippen molar-refractivity contribution in [1.29, 1.82) is 0 Å². The molecule has 1 saturated carbocycles. The Balaban J connectivity index is 1.67. The van der Waals surface area contributed by atoms with Crippen LogP contribution >= 0.6 is 0 Å². The van der Waals surface area contributed by atoms with Crippen LogP contribution < -0.4 is 5.73 Å². The predicted molar refractivity (Wildman–Crippen MR) is 56.8 cm³/mol. The van der Waals surface area contributed by atoms with Gasteiger partial charge in [0.25, 0.3) is 0 Å². The first kappa shape index (κ1) is 10.6. The molecule has 1 aromatic rings. The molecule has 0 bridgehead atoms. The molecule has 1 fully saturated rings. The van der Waals surface area contributed by atoms with Gasteiger partial charge in [0.05, 0.1) is 6.61 Å². The summed E-state index contributed by atoms with van der Waals surface area (Å²) in [5, 5.41) is 0. The minimum absolute atomic E-state index is 0.205. The molecule has 82 valence electrons. The highest BCUT2D eigenvalue weighted by Gasteiger charge is 2.25. The summed E-state index contributed by atoms with van der Waals surface area (Å²) >= 11 is 0. The average Bonchev–Trinajstić information content (AvgIpc) is 2.18. The summed E-state index contributed by atoms with van der Waals surface area (Å²) in [6.07, 6.45) is 2.15. The highest BCUT2D eigenvalue weighted by molar-refractivity contribution is 5.14. The second-order valence-electron chi connectivity index (χ2n) is 4.24. The molecule has 0 heterocycles. The molecule has 0 aliphatic heterocycles. The Morgan fingerprint density at radius 2 is 1.93 bits per heavy atom. The second kappa shape index (κ2) is 4.73. The Labute approximate surface area is 89.2 Å². The summed E-state index contributed by atoms with van der Waals surface area (Å²) in [5.74, 6) is 0.421. The molecule has 2 N–H and O–H groups in total. The topological polar surface area (TPSA) is 35.2 Å². The van der Waals surface area contributed by atoms with E-state index in [1.807, 2.05) is 0 Å². The molecule has 0 radical (unpaired) electrons. The van der Waals surface area contributed by atoms with Crippen molar-refractivity contribution in [2.24, 2.45) is 11.7 Å². The molecule has 1 aliphatic carbocycles. The monoisotopic (exact) mass is 209 g/mol. The first-order chi connectivity index (χ1) is 7.24. The number of benzene rings is 1. The fourth-order valence-corrected chi connectivity index (χ4v) is 1.85. The molecule has 0 aromatic heterocycles. The first-order valence-electron chi connectivity index (χ1n) is 5.32. The first-order valence-corrected chi connectivity index (χ1v) is 5.32. The molecule has 0 amide bonds. The Hall–Kier alpha value is -0.930. The number of ether oxygens (including phenoxy) is 1. The van der Waals surface area contributed by atoms with Gasteiger partial charge in [-0.2, -0.15) is 0 Å². The molecule has 0 unspecified atom stereocenters. The van der Waals surface area contributed by atoms with Crippen LogP contribution in [0.15, 0.2) is 24.3 Å². The third-order valence-electron chi connectivity index (χ3n) is 2.81. The van der Waals surface area contributed by atoms with Crippen LogP contribution in [-0.4, -0.2) is 12.6 Å². The van der Waals surface area contributed by atoms with Crippen LogP contribution in [-0.2, 0) is 11.3 Å². The van der Waals surface area contributed by atoms with Gasteiger partial charge in [0.1, 0.15) is 5.82 Å². The van der Waals surface area contributed by atoms with E-state index in [1.54, 1.807) is 12.1 Å². The SMILES string of the molecule is NC1CC(COCc2ccc(F)cc2)C1. The maximum atomic E-state index is 12.6. The van der Waals surface area contributed by atoms with Gasteiger partial charge in [0.15, 0.2) is 0 Å². The summed E-state index contributed by atoms with van der Waals surface area (Å²) in [6.45, 7) is 1.33. The fraction of sp³-hybridized carbons (Fsp3) is 0.500. The summed E-state index contributed by atoms with van der Waals surface area (Å²) in [6, 6.07) is 6.80. The van der Waals surface area contributed by atoms with Gasteiger partial charge in [0.2, 0.25) is 0 Å². The van der Waals surface area contributed by atoms with Gasteiger partial charge < -0.3 is 10.5 Å². The largest absolute Gasteiger partial charge is 0.376 e. The molecule has 2 nitrogen and oxygen atoms in total. The van der Waals surface area contributed by atoms with Crippen LogP contribution in [0.4, 0.5) is 4.39 Å². The number of hydrogen-bond donors (Lipinski definition) is 1. The smallest absolute Gasteiger partial charge is 0.123 e. The Kier molecular flexibility index (Phi) is 3.34. The highest BCUT2D eigenvalue weighted by atomic mass is 19.1. The van der Waals surface area contributed by atoms with E-state index in [9.17, 15) is 4.39 Å². The second-order valence-corrected chi connectivity index (χ2v) is 4.24. The van der Waals surface area contributed by atoms with E-state index in [1.165, 1.54) is 12.1 Å². The average molecular weight is 209 g/mol. The summed E-state index contributed by atoms with van der Waals surface area (Å²) < 4.78 is 18.1. The number of halogens is 1. The third kappa shape index (κ3) is 3.01. The molecule has 2 rings (SSSR count). The van der Waals surface area contributed by atoms with Crippen LogP contribution in [0.2, 0.25) is 0 Å². The Morgan fingerprint density at radius 1 is 1.27 bits per heavy atom. The highest BCUT2D eigenvalue weighted by Crippen LogP contribution is 2.25. The summed E-state index contributed by atoms with van der Waals surface area (Å²) in [7, 11) is 0. The van der Waals surface area contributed by atoms with Gasteiger partial charge in [0, 0.05) is 12.6 Å². The van der Waals surface area contributed by atoms with Crippen LogP contribution in [0.3, 0.4) is 0 Å². The molecule has 0 saturated heterocycles. The van der Waals surface area contributed by atoms with E-state index in [-0.39, 0.29) is 5.82 Å². The van der Waals surface area contributed by atoms with Gasteiger partial charge in [-0.25, -0.2) is 4.39 Å². The lowest BCUT2D eigenvalue weighted by molar-refractivity contribution is 0.0519. The van der Waals surface area contributed by atoms with Gasteiger partial charge >= 0.3 is 0 Å². The van der Waals surface area contributed by atoms with Crippen molar-refractivity contribution in [1.82, 2.24) is 0 Å². The van der Waals surface area contributed by atoms with Crippen molar-refractivity contribution >= 4 is 0 Å². The zero-order valence-electron chi connectivity index (χ0n) is 8.66. The lowest BCUT2D eigenvalue weighted by Gasteiger charge is -2.31. The van der Waals surface area contributed by atoms with Crippen molar-refractivity contribution in [3.8, 4) is 0 Å². The minimum atomic E-state index is -0.205. The molecule has 1 aliphatic rings. The lowest BCUT2D eigenvalue weighted by Crippen LogP contribution is -2.38. The zero-order valence-corrected chi connectivity index (χ0v) is 8.66. The van der Waals surface area contributed by atoms with Gasteiger partial charge in [-0.1, -0.05) is 12.1 Å². The van der Waals surface area contributed by atoms with Crippen LogP contribution in [0.5, 0.6) is 0 Å². The molecular weight excluding hydrogens is 193 g/mol. The maximum absolute atomic E-state index is 12.6. The number of nitrogens with two attached hydrogens (primary N) is 1. The quantitative estimate of drug-likeness (QED) is 0.824. The van der Waals surface area contributed by atoms with Crippen LogP contribution in [0.1, 0.15) is 18.4 Å². The molecule has 3 heteroatoms. The summed E-state index contributed by atoms with van der Waals surface area (Å²) in [4.78, 5) is 0. The lowest BCUT2D eigenvalue weighted by atomic mass is 9.82. The summed E-state index contributed by atoms with van der Waals surface area (Å²) in [5.41, 5.74) is 6.69. The molecule has 0 spiro atoms. The Morgan fingerprint density at radius 3 is 2.53 bits per heavy atom. The van der Waals surface area contributed by atoms with Crippen molar-refractivity contribution in [2.75, 3.05) is 6.61 Å². The molecule has 15 heavy (non-hydrogen) atoms. The van der Waals surface area contributed by atoms with Crippen molar-refractivity contribution in [2.45, 2.75) is 25.5 Å².